The minimum atomic E-state index is -3.45. The molecule has 1 N–H and O–H groups in total. The van der Waals surface area contributed by atoms with Gasteiger partial charge in [0.2, 0.25) is 10.0 Å². The molecule has 5 heteroatoms. The van der Waals surface area contributed by atoms with E-state index in [1.165, 1.54) is 38.5 Å². The Kier molecular flexibility index (Phi) is 4.33. The van der Waals surface area contributed by atoms with Gasteiger partial charge in [-0.1, -0.05) is 22.9 Å². The molecule has 1 aromatic carbocycles. The number of sulfonamides is 1. The van der Waals surface area contributed by atoms with Crippen molar-refractivity contribution < 1.29 is 8.42 Å². The van der Waals surface area contributed by atoms with Gasteiger partial charge in [0.15, 0.2) is 0 Å². The van der Waals surface area contributed by atoms with Gasteiger partial charge in [-0.25, -0.2) is 13.1 Å². The molecular weight excluding hydrogens is 386 g/mol. The van der Waals surface area contributed by atoms with Crippen LogP contribution in [-0.2, 0) is 10.0 Å². The summed E-state index contributed by atoms with van der Waals surface area (Å²) < 4.78 is 29.7. The number of benzene rings is 1. The van der Waals surface area contributed by atoms with Crippen LogP contribution in [0.2, 0.25) is 0 Å². The number of hydrogen-bond donors (Lipinski definition) is 1. The Morgan fingerprint density at radius 3 is 2.04 bits per heavy atom. The lowest BCUT2D eigenvalue weighted by Gasteiger charge is -2.59. The summed E-state index contributed by atoms with van der Waals surface area (Å²) in [5.74, 6) is 2.51. The lowest BCUT2D eigenvalue weighted by molar-refractivity contribution is -0.0704. The summed E-state index contributed by atoms with van der Waals surface area (Å²) in [6.45, 7) is 2.13. The summed E-state index contributed by atoms with van der Waals surface area (Å²) in [6, 6.07) is 7.01. The van der Waals surface area contributed by atoms with Gasteiger partial charge in [-0.2, -0.15) is 0 Å². The molecule has 4 fully saturated rings. The molecule has 0 amide bonds. The van der Waals surface area contributed by atoms with Crippen LogP contribution >= 0.6 is 15.9 Å². The van der Waals surface area contributed by atoms with Crippen molar-refractivity contribution in [3.05, 3.63) is 28.7 Å². The maximum Gasteiger partial charge on any atom is 0.240 e. The molecule has 0 aromatic heterocycles. The molecule has 4 aliphatic carbocycles. The van der Waals surface area contributed by atoms with Crippen LogP contribution in [-0.4, -0.2) is 14.5 Å². The topological polar surface area (TPSA) is 46.2 Å². The number of hydrogen-bond acceptors (Lipinski definition) is 2. The molecule has 0 unspecified atom stereocenters. The maximum absolute atomic E-state index is 12.9. The zero-order chi connectivity index (χ0) is 16.9. The monoisotopic (exact) mass is 411 g/mol. The van der Waals surface area contributed by atoms with E-state index in [-0.39, 0.29) is 11.5 Å². The van der Waals surface area contributed by atoms with Gasteiger partial charge in [-0.15, -0.1) is 0 Å². The maximum atomic E-state index is 12.9. The van der Waals surface area contributed by atoms with Crippen molar-refractivity contribution in [3.63, 3.8) is 0 Å². The highest BCUT2D eigenvalue weighted by Crippen LogP contribution is 2.61. The highest BCUT2D eigenvalue weighted by molar-refractivity contribution is 9.10. The zero-order valence-electron chi connectivity index (χ0n) is 14.2. The van der Waals surface area contributed by atoms with Gasteiger partial charge in [0, 0.05) is 10.5 Å². The molecule has 3 nitrogen and oxygen atoms in total. The highest BCUT2D eigenvalue weighted by Gasteiger charge is 2.54. The normalized spacial score (nSPS) is 36.0. The van der Waals surface area contributed by atoms with Gasteiger partial charge < -0.3 is 0 Å². The van der Waals surface area contributed by atoms with Crippen molar-refractivity contribution in [2.24, 2.45) is 23.2 Å². The Morgan fingerprint density at radius 2 is 1.58 bits per heavy atom. The molecule has 24 heavy (non-hydrogen) atoms. The van der Waals surface area contributed by atoms with E-state index in [2.05, 4.69) is 27.6 Å². The van der Waals surface area contributed by atoms with E-state index in [0.29, 0.717) is 4.90 Å². The van der Waals surface area contributed by atoms with Gasteiger partial charge in [-0.05, 0) is 92.4 Å². The summed E-state index contributed by atoms with van der Waals surface area (Å²) in [5, 5.41) is 0. The minimum absolute atomic E-state index is 0.0690. The third-order valence-electron chi connectivity index (χ3n) is 6.65. The molecule has 0 aliphatic heterocycles. The molecular formula is C19H26BrNO2S. The van der Waals surface area contributed by atoms with Crippen molar-refractivity contribution in [2.45, 2.75) is 62.8 Å². The molecule has 0 heterocycles. The zero-order valence-corrected chi connectivity index (χ0v) is 16.6. The molecule has 1 aromatic rings. The minimum Gasteiger partial charge on any atom is -0.208 e. The largest absolute Gasteiger partial charge is 0.240 e. The average molecular weight is 412 g/mol. The van der Waals surface area contributed by atoms with E-state index in [1.54, 1.807) is 24.3 Å². The summed E-state index contributed by atoms with van der Waals surface area (Å²) in [5.41, 5.74) is 0.200. The molecule has 4 aliphatic rings. The Hall–Kier alpha value is -0.390. The Bertz CT molecular complexity index is 678. The van der Waals surface area contributed by atoms with E-state index in [1.807, 2.05) is 0 Å². The van der Waals surface area contributed by atoms with Crippen LogP contribution in [0.25, 0.3) is 0 Å². The van der Waals surface area contributed by atoms with Gasteiger partial charge in [0.05, 0.1) is 4.90 Å². The molecule has 0 spiro atoms. The number of rotatable bonds is 5. The smallest absolute Gasteiger partial charge is 0.208 e. The Labute approximate surface area is 153 Å². The molecule has 1 atom stereocenters. The summed E-state index contributed by atoms with van der Waals surface area (Å²) in [6.07, 6.45) is 8.70. The fraction of sp³-hybridized carbons (Fsp3) is 0.684. The van der Waals surface area contributed by atoms with Gasteiger partial charge in [0.1, 0.15) is 0 Å². The van der Waals surface area contributed by atoms with Crippen LogP contribution in [0.5, 0.6) is 0 Å². The van der Waals surface area contributed by atoms with E-state index in [4.69, 9.17) is 0 Å². The van der Waals surface area contributed by atoms with Crippen molar-refractivity contribution in [2.75, 3.05) is 0 Å². The van der Waals surface area contributed by atoms with E-state index in [9.17, 15) is 8.42 Å². The average Bonchev–Trinajstić information content (AvgIpc) is 2.51. The third kappa shape index (κ3) is 2.97. The first-order valence-electron chi connectivity index (χ1n) is 9.18. The van der Waals surface area contributed by atoms with Crippen molar-refractivity contribution in [3.8, 4) is 0 Å². The van der Waals surface area contributed by atoms with E-state index < -0.39 is 10.0 Å². The predicted octanol–water partition coefficient (Wildman–Crippen LogP) is 4.72. The van der Waals surface area contributed by atoms with Crippen molar-refractivity contribution in [1.82, 2.24) is 4.72 Å². The second kappa shape index (κ2) is 6.10. The lowest BCUT2D eigenvalue weighted by Crippen LogP contribution is -2.56. The van der Waals surface area contributed by atoms with Crippen LogP contribution in [0.3, 0.4) is 0 Å². The molecule has 4 bridgehead atoms. The second-order valence-corrected chi connectivity index (χ2v) is 10.9. The molecule has 0 radical (unpaired) electrons. The predicted molar refractivity (Wildman–Crippen MR) is 99.1 cm³/mol. The first kappa shape index (κ1) is 17.0. The SMILES string of the molecule is CC[C@H](NS(=O)(=O)c1ccc(Br)cc1)C12CC3CC(CC(C3)C1)C2. The Balaban J connectivity index is 1.59. The Morgan fingerprint density at radius 1 is 1.08 bits per heavy atom. The van der Waals surface area contributed by atoms with Crippen LogP contribution in [0.4, 0.5) is 0 Å². The standard InChI is InChI=1S/C19H26BrNO2S/c1-2-18(21-24(22,23)17-5-3-16(20)4-6-17)19-10-13-7-14(11-19)9-15(8-13)12-19/h3-6,13-15,18,21H,2,7-12H2,1H3/t13?,14?,15?,18-,19?/m0/s1. The first-order valence-corrected chi connectivity index (χ1v) is 11.5. The first-order chi connectivity index (χ1) is 11.4. The summed E-state index contributed by atoms with van der Waals surface area (Å²) in [7, 11) is -3.45. The van der Waals surface area contributed by atoms with Crippen LogP contribution in [0, 0.1) is 23.2 Å². The number of halogens is 1. The summed E-state index contributed by atoms with van der Waals surface area (Å²) >= 11 is 3.37. The van der Waals surface area contributed by atoms with Crippen LogP contribution < -0.4 is 4.72 Å². The lowest BCUT2D eigenvalue weighted by atomic mass is 9.47. The van der Waals surface area contributed by atoms with Crippen molar-refractivity contribution >= 4 is 26.0 Å². The fourth-order valence-electron chi connectivity index (χ4n) is 6.11. The fourth-order valence-corrected chi connectivity index (χ4v) is 7.80. The van der Waals surface area contributed by atoms with Crippen LogP contribution in [0.15, 0.2) is 33.6 Å². The second-order valence-electron chi connectivity index (χ2n) is 8.32. The van der Waals surface area contributed by atoms with E-state index >= 15 is 0 Å². The summed E-state index contributed by atoms with van der Waals surface area (Å²) in [4.78, 5) is 0.369. The van der Waals surface area contributed by atoms with Crippen LogP contribution in [0.1, 0.15) is 51.9 Å². The van der Waals surface area contributed by atoms with E-state index in [0.717, 1.165) is 28.6 Å². The van der Waals surface area contributed by atoms with Gasteiger partial charge in [-0.3, -0.25) is 0 Å². The van der Waals surface area contributed by atoms with Gasteiger partial charge >= 0.3 is 0 Å². The van der Waals surface area contributed by atoms with Gasteiger partial charge in [0.25, 0.3) is 0 Å². The van der Waals surface area contributed by atoms with Crippen molar-refractivity contribution in [1.29, 1.82) is 0 Å². The molecule has 0 saturated heterocycles. The quantitative estimate of drug-likeness (QED) is 0.761. The highest BCUT2D eigenvalue weighted by atomic mass is 79.9. The number of nitrogens with one attached hydrogen (secondary N) is 1. The molecule has 4 saturated carbocycles. The molecule has 5 rings (SSSR count). The third-order valence-corrected chi connectivity index (χ3v) is 8.67. The molecule has 132 valence electrons.